The second-order valence-electron chi connectivity index (χ2n) is 5.31. The van der Waals surface area contributed by atoms with Gasteiger partial charge in [0.05, 0.1) is 11.6 Å². The molecule has 2 heteroatoms. The lowest BCUT2D eigenvalue weighted by atomic mass is 10.0. The monoisotopic (exact) mass is 233 g/mol. The van der Waals surface area contributed by atoms with Crippen LogP contribution >= 0.6 is 0 Å². The Morgan fingerprint density at radius 1 is 1.11 bits per heavy atom. The van der Waals surface area contributed by atoms with E-state index < -0.39 is 0 Å². The summed E-state index contributed by atoms with van der Waals surface area (Å²) in [6, 6.07) is 9.87. The Morgan fingerprint density at radius 2 is 2.06 bits per heavy atom. The van der Waals surface area contributed by atoms with E-state index in [0.29, 0.717) is 12.1 Å². The molecular weight excluding hydrogens is 220 g/mol. The van der Waals surface area contributed by atoms with Gasteiger partial charge in [0.15, 0.2) is 12.1 Å². The third-order valence-corrected chi connectivity index (χ3v) is 4.44. The second-order valence-corrected chi connectivity index (χ2v) is 5.31. The molecule has 1 aliphatic carbocycles. The number of anilines is 1. The van der Waals surface area contributed by atoms with Crippen LogP contribution in [0.1, 0.15) is 11.6 Å². The Kier molecular flexibility index (Phi) is 1.40. The van der Waals surface area contributed by atoms with Crippen LogP contribution in [0, 0.1) is 0 Å². The average molecular weight is 233 g/mol. The van der Waals surface area contributed by atoms with Crippen LogP contribution < -0.4 is 9.47 Å². The smallest absolute Gasteiger partial charge is 0.246 e. The predicted octanol–water partition coefficient (Wildman–Crippen LogP) is 2.50. The van der Waals surface area contributed by atoms with Crippen molar-refractivity contribution < 1.29 is 4.57 Å². The number of pyridine rings is 1. The Hall–Kier alpha value is -2.09. The lowest BCUT2D eigenvalue weighted by Gasteiger charge is -2.17. The highest BCUT2D eigenvalue weighted by Gasteiger charge is 2.48. The largest absolute Gasteiger partial charge is 0.286 e. The number of benzene rings is 1. The third kappa shape index (κ3) is 0.860. The van der Waals surface area contributed by atoms with Crippen molar-refractivity contribution in [2.45, 2.75) is 18.6 Å². The zero-order chi connectivity index (χ0) is 11.7. The fourth-order valence-electron chi connectivity index (χ4n) is 3.69. The minimum atomic E-state index is 0.475. The summed E-state index contributed by atoms with van der Waals surface area (Å²) in [4.78, 5) is 2.54. The zero-order valence-electron chi connectivity index (χ0n) is 9.95. The van der Waals surface area contributed by atoms with Gasteiger partial charge >= 0.3 is 0 Å². The molecule has 3 aliphatic rings. The van der Waals surface area contributed by atoms with Crippen molar-refractivity contribution in [1.82, 2.24) is 0 Å². The molecule has 0 fully saturated rings. The van der Waals surface area contributed by atoms with Gasteiger partial charge in [0.1, 0.15) is 6.54 Å². The fraction of sp³-hybridized carbons (Fsp3) is 0.188. The quantitative estimate of drug-likeness (QED) is 0.634. The molecule has 0 saturated heterocycles. The molecule has 2 nitrogen and oxygen atoms in total. The normalized spacial score (nSPS) is 26.1. The van der Waals surface area contributed by atoms with Gasteiger partial charge in [0.25, 0.3) is 5.82 Å². The minimum absolute atomic E-state index is 0.475. The van der Waals surface area contributed by atoms with Crippen molar-refractivity contribution in [3.8, 4) is 0 Å². The molecule has 86 valence electrons. The van der Waals surface area contributed by atoms with Gasteiger partial charge in [0.2, 0.25) is 0 Å². The second kappa shape index (κ2) is 2.83. The van der Waals surface area contributed by atoms with Gasteiger partial charge < -0.3 is 0 Å². The first-order chi connectivity index (χ1) is 8.93. The first-order valence-corrected chi connectivity index (χ1v) is 6.51. The molecule has 2 unspecified atom stereocenters. The highest BCUT2D eigenvalue weighted by atomic mass is 15.4. The first kappa shape index (κ1) is 8.92. The van der Waals surface area contributed by atoms with Crippen molar-refractivity contribution >= 4 is 16.6 Å². The van der Waals surface area contributed by atoms with Crippen molar-refractivity contribution in [3.63, 3.8) is 0 Å². The topological polar surface area (TPSA) is 7.12 Å². The van der Waals surface area contributed by atoms with Crippen LogP contribution in [-0.2, 0) is 6.54 Å². The maximum atomic E-state index is 2.54. The summed E-state index contributed by atoms with van der Waals surface area (Å²) < 4.78 is 2.43. The van der Waals surface area contributed by atoms with Crippen LogP contribution in [0.25, 0.3) is 10.8 Å². The number of allylic oxidation sites excluding steroid dienone is 2. The fourth-order valence-corrected chi connectivity index (χ4v) is 3.69. The zero-order valence-corrected chi connectivity index (χ0v) is 9.95. The van der Waals surface area contributed by atoms with Crippen LogP contribution in [0.2, 0.25) is 0 Å². The Morgan fingerprint density at radius 3 is 3.06 bits per heavy atom. The standard InChI is InChI=1S/C16H13N2/c1-2-7-14-13(6-1)17-9-8-11-4-3-5-12-10-18(14)16(17)15(11)12/h1-9,13-14H,10H2/q+1. The molecule has 0 amide bonds. The van der Waals surface area contributed by atoms with Crippen molar-refractivity contribution in [2.24, 2.45) is 0 Å². The van der Waals surface area contributed by atoms with Crippen LogP contribution in [0.15, 0.2) is 54.8 Å². The van der Waals surface area contributed by atoms with Gasteiger partial charge in [-0.15, -0.1) is 0 Å². The van der Waals surface area contributed by atoms with Gasteiger partial charge in [-0.05, 0) is 23.6 Å². The van der Waals surface area contributed by atoms with Gasteiger partial charge in [0, 0.05) is 5.56 Å². The van der Waals surface area contributed by atoms with E-state index in [-0.39, 0.29) is 0 Å². The van der Waals surface area contributed by atoms with Gasteiger partial charge in [-0.25, -0.2) is 9.47 Å². The number of aromatic nitrogens is 1. The predicted molar refractivity (Wildman–Crippen MR) is 71.4 cm³/mol. The van der Waals surface area contributed by atoms with Gasteiger partial charge in [-0.1, -0.05) is 30.4 Å². The summed E-state index contributed by atoms with van der Waals surface area (Å²) in [7, 11) is 0. The number of fused-ring (bicyclic) bond motifs is 3. The van der Waals surface area contributed by atoms with E-state index in [1.54, 1.807) is 0 Å². The molecule has 2 aromatic rings. The molecule has 0 spiro atoms. The number of hydrogen-bond acceptors (Lipinski definition) is 1. The van der Waals surface area contributed by atoms with E-state index in [2.05, 4.69) is 64.2 Å². The molecule has 18 heavy (non-hydrogen) atoms. The van der Waals surface area contributed by atoms with Crippen LogP contribution in [-0.4, -0.2) is 6.04 Å². The van der Waals surface area contributed by atoms with Crippen molar-refractivity contribution in [2.75, 3.05) is 4.90 Å². The molecule has 1 aromatic carbocycles. The van der Waals surface area contributed by atoms with Crippen LogP contribution in [0.3, 0.4) is 0 Å². The van der Waals surface area contributed by atoms with E-state index in [9.17, 15) is 0 Å². The number of hydrogen-bond donors (Lipinski definition) is 0. The first-order valence-electron chi connectivity index (χ1n) is 6.51. The molecule has 0 N–H and O–H groups in total. The highest BCUT2D eigenvalue weighted by Crippen LogP contribution is 2.42. The molecule has 5 rings (SSSR count). The van der Waals surface area contributed by atoms with Crippen LogP contribution in [0.4, 0.5) is 5.82 Å². The highest BCUT2D eigenvalue weighted by molar-refractivity contribution is 5.97. The minimum Gasteiger partial charge on any atom is -0.246 e. The van der Waals surface area contributed by atoms with E-state index in [0.717, 1.165) is 6.54 Å². The molecule has 0 radical (unpaired) electrons. The Labute approximate surface area is 105 Å². The summed E-state index contributed by atoms with van der Waals surface area (Å²) in [5.41, 5.74) is 1.47. The Bertz CT molecular complexity index is 742. The van der Waals surface area contributed by atoms with Gasteiger partial charge in [-0.2, -0.15) is 0 Å². The van der Waals surface area contributed by atoms with E-state index in [1.807, 2.05) is 0 Å². The summed E-state index contributed by atoms with van der Waals surface area (Å²) in [6.45, 7) is 1.05. The van der Waals surface area contributed by atoms with E-state index >= 15 is 0 Å². The molecule has 2 atom stereocenters. The molecule has 2 aliphatic heterocycles. The lowest BCUT2D eigenvalue weighted by Crippen LogP contribution is -2.39. The van der Waals surface area contributed by atoms with E-state index in [4.69, 9.17) is 0 Å². The van der Waals surface area contributed by atoms with Gasteiger partial charge in [-0.3, -0.25) is 0 Å². The summed E-state index contributed by atoms with van der Waals surface area (Å²) in [5, 5.41) is 2.82. The van der Waals surface area contributed by atoms with Crippen molar-refractivity contribution in [3.05, 3.63) is 60.3 Å². The van der Waals surface area contributed by atoms with Crippen LogP contribution in [0.5, 0.6) is 0 Å². The number of nitrogens with zero attached hydrogens (tertiary/aromatic N) is 2. The lowest BCUT2D eigenvalue weighted by molar-refractivity contribution is -0.687. The maximum absolute atomic E-state index is 2.54. The summed E-state index contributed by atoms with van der Waals surface area (Å²) in [5.74, 6) is 1.41. The summed E-state index contributed by atoms with van der Waals surface area (Å²) in [6.07, 6.45) is 11.2. The molecular formula is C16H13N2+. The molecule has 0 saturated carbocycles. The molecule has 3 heterocycles. The molecule has 0 bridgehead atoms. The average Bonchev–Trinajstić information content (AvgIpc) is 2.94. The number of rotatable bonds is 0. The maximum Gasteiger partial charge on any atom is 0.286 e. The van der Waals surface area contributed by atoms with Crippen molar-refractivity contribution in [1.29, 1.82) is 0 Å². The summed E-state index contributed by atoms with van der Waals surface area (Å²) >= 11 is 0. The third-order valence-electron chi connectivity index (χ3n) is 4.44. The SMILES string of the molecule is C1=CC2C(C=C1)[n+]1ccc3cccc4c3c1N2C4. The molecule has 1 aromatic heterocycles. The Balaban J connectivity index is 1.92. The van der Waals surface area contributed by atoms with E-state index in [1.165, 1.54) is 22.2 Å².